The van der Waals surface area contributed by atoms with Crippen molar-refractivity contribution < 1.29 is 0 Å². The number of rotatable bonds is 3. The van der Waals surface area contributed by atoms with Gasteiger partial charge in [0.05, 0.1) is 0 Å². The van der Waals surface area contributed by atoms with Crippen molar-refractivity contribution in [2.24, 2.45) is 0 Å². The molecule has 0 aliphatic rings. The van der Waals surface area contributed by atoms with Gasteiger partial charge in [-0.1, -0.05) is 33.7 Å². The molecule has 0 aromatic heterocycles. The van der Waals surface area contributed by atoms with E-state index in [0.29, 0.717) is 0 Å². The molecular formula is C7H15P. The number of hydrogen-bond donors (Lipinski definition) is 0. The molecule has 0 nitrogen and oxygen atoms in total. The third-order valence-corrected chi connectivity index (χ3v) is 3.52. The van der Waals surface area contributed by atoms with E-state index < -0.39 is 0 Å². The first-order valence-electron chi connectivity index (χ1n) is 3.22. The summed E-state index contributed by atoms with van der Waals surface area (Å²) >= 11 is 0. The monoisotopic (exact) mass is 130 g/mol. The Bertz CT molecular complexity index is 62.8. The second kappa shape index (κ2) is 5.31. The Labute approximate surface area is 53.7 Å². The molecule has 48 valence electrons. The van der Waals surface area contributed by atoms with Crippen molar-refractivity contribution in [3.63, 3.8) is 0 Å². The van der Waals surface area contributed by atoms with Crippen LogP contribution in [-0.2, 0) is 0 Å². The number of hydrogen-bond acceptors (Lipinski definition) is 0. The molecule has 8 heavy (non-hydrogen) atoms. The van der Waals surface area contributed by atoms with Crippen LogP contribution >= 0.6 is 7.92 Å². The maximum Gasteiger partial charge on any atom is -0.0320 e. The summed E-state index contributed by atoms with van der Waals surface area (Å²) in [6.45, 7) is 6.62. The van der Waals surface area contributed by atoms with Crippen molar-refractivity contribution >= 4 is 7.92 Å². The minimum Gasteiger partial charge on any atom is -0.0872 e. The van der Waals surface area contributed by atoms with E-state index in [1.807, 2.05) is 0 Å². The summed E-state index contributed by atoms with van der Waals surface area (Å²) in [7, 11) is 0.263. The molecule has 0 fully saturated rings. The maximum absolute atomic E-state index is 2.34. The van der Waals surface area contributed by atoms with Crippen molar-refractivity contribution in [3.05, 3.63) is 11.9 Å². The molecule has 0 spiro atoms. The van der Waals surface area contributed by atoms with Crippen molar-refractivity contribution in [1.82, 2.24) is 0 Å². The van der Waals surface area contributed by atoms with Crippen molar-refractivity contribution in [2.75, 3.05) is 12.3 Å². The van der Waals surface area contributed by atoms with E-state index >= 15 is 0 Å². The van der Waals surface area contributed by atoms with Gasteiger partial charge in [-0.25, -0.2) is 0 Å². The van der Waals surface area contributed by atoms with Crippen LogP contribution in [0.25, 0.3) is 0 Å². The predicted molar refractivity (Wildman–Crippen MR) is 42.8 cm³/mol. The highest BCUT2D eigenvalue weighted by Gasteiger charge is 1.92. The van der Waals surface area contributed by atoms with Gasteiger partial charge in [-0.3, -0.25) is 0 Å². The fraction of sp³-hybridized carbons (Fsp3) is 0.714. The highest BCUT2D eigenvalue weighted by atomic mass is 31.1. The van der Waals surface area contributed by atoms with Gasteiger partial charge in [-0.05, 0) is 19.2 Å². The van der Waals surface area contributed by atoms with Crippen LogP contribution in [0, 0.1) is 0 Å². The predicted octanol–water partition coefficient (Wildman–Crippen LogP) is 3.04. The Kier molecular flexibility index (Phi) is 5.42. The van der Waals surface area contributed by atoms with Gasteiger partial charge in [0.1, 0.15) is 0 Å². The summed E-state index contributed by atoms with van der Waals surface area (Å²) in [4.78, 5) is 0. The molecule has 0 saturated carbocycles. The molecule has 0 bridgehead atoms. The molecular weight excluding hydrogens is 115 g/mol. The van der Waals surface area contributed by atoms with Crippen molar-refractivity contribution in [2.45, 2.75) is 20.8 Å². The molecule has 0 aliphatic carbocycles. The SMILES string of the molecule is CC=CP(CC)CC. The molecule has 0 aromatic rings. The normalized spacial score (nSPS) is 11.5. The van der Waals surface area contributed by atoms with Crippen LogP contribution < -0.4 is 0 Å². The van der Waals surface area contributed by atoms with E-state index in [2.05, 4.69) is 32.7 Å². The largest absolute Gasteiger partial charge is 0.0872 e. The lowest BCUT2D eigenvalue weighted by atomic mass is 10.8. The highest BCUT2D eigenvalue weighted by molar-refractivity contribution is 7.60. The second-order valence-corrected chi connectivity index (χ2v) is 4.44. The van der Waals surface area contributed by atoms with Crippen LogP contribution in [0.15, 0.2) is 11.9 Å². The molecule has 0 aromatic carbocycles. The standard InChI is InChI=1S/C7H15P/c1-4-7-8(5-2)6-3/h4,7H,5-6H2,1-3H3. The van der Waals surface area contributed by atoms with Crippen LogP contribution in [0.1, 0.15) is 20.8 Å². The van der Waals surface area contributed by atoms with E-state index in [4.69, 9.17) is 0 Å². The molecule has 0 radical (unpaired) electrons. The van der Waals surface area contributed by atoms with Gasteiger partial charge >= 0.3 is 0 Å². The first kappa shape index (κ1) is 8.17. The van der Waals surface area contributed by atoms with E-state index in [-0.39, 0.29) is 7.92 Å². The number of allylic oxidation sites excluding steroid dienone is 1. The van der Waals surface area contributed by atoms with Crippen molar-refractivity contribution in [1.29, 1.82) is 0 Å². The third-order valence-electron chi connectivity index (χ3n) is 1.17. The fourth-order valence-corrected chi connectivity index (χ4v) is 1.94. The van der Waals surface area contributed by atoms with Crippen LogP contribution in [0.5, 0.6) is 0 Å². The fourth-order valence-electron chi connectivity index (χ4n) is 0.645. The van der Waals surface area contributed by atoms with Crippen LogP contribution in [-0.4, -0.2) is 12.3 Å². The molecule has 0 atom stereocenters. The van der Waals surface area contributed by atoms with Crippen LogP contribution in [0.2, 0.25) is 0 Å². The average molecular weight is 130 g/mol. The van der Waals surface area contributed by atoms with Gasteiger partial charge in [0.15, 0.2) is 0 Å². The van der Waals surface area contributed by atoms with Crippen LogP contribution in [0.3, 0.4) is 0 Å². The molecule has 0 aliphatic heterocycles. The van der Waals surface area contributed by atoms with Crippen molar-refractivity contribution in [3.8, 4) is 0 Å². The lowest BCUT2D eigenvalue weighted by Gasteiger charge is -2.03. The minimum absolute atomic E-state index is 0.263. The molecule has 0 N–H and O–H groups in total. The smallest absolute Gasteiger partial charge is 0.0320 e. The summed E-state index contributed by atoms with van der Waals surface area (Å²) in [6.07, 6.45) is 4.85. The Morgan fingerprint density at radius 1 is 1.25 bits per heavy atom. The Morgan fingerprint density at radius 3 is 1.88 bits per heavy atom. The highest BCUT2D eigenvalue weighted by Crippen LogP contribution is 2.35. The molecule has 0 rings (SSSR count). The van der Waals surface area contributed by atoms with Gasteiger partial charge in [-0.15, -0.1) is 0 Å². The quantitative estimate of drug-likeness (QED) is 0.515. The molecule has 0 saturated heterocycles. The zero-order valence-corrected chi connectivity index (χ0v) is 6.91. The summed E-state index contributed by atoms with van der Waals surface area (Å²) < 4.78 is 0. The van der Waals surface area contributed by atoms with Crippen LogP contribution in [0.4, 0.5) is 0 Å². The van der Waals surface area contributed by atoms with Gasteiger partial charge in [0.2, 0.25) is 0 Å². The van der Waals surface area contributed by atoms with Gasteiger partial charge < -0.3 is 0 Å². The van der Waals surface area contributed by atoms with E-state index in [1.165, 1.54) is 12.3 Å². The third kappa shape index (κ3) is 3.21. The molecule has 0 heterocycles. The summed E-state index contributed by atoms with van der Waals surface area (Å²) in [5.74, 6) is 2.34. The minimum atomic E-state index is 0.263. The zero-order valence-electron chi connectivity index (χ0n) is 6.02. The summed E-state index contributed by atoms with van der Waals surface area (Å²) in [5, 5.41) is 0. The topological polar surface area (TPSA) is 0 Å². The zero-order chi connectivity index (χ0) is 6.41. The lowest BCUT2D eigenvalue weighted by Crippen LogP contribution is -1.75. The lowest BCUT2D eigenvalue weighted by molar-refractivity contribution is 1.42. The summed E-state index contributed by atoms with van der Waals surface area (Å²) in [6, 6.07) is 0. The Balaban J connectivity index is 3.36. The summed E-state index contributed by atoms with van der Waals surface area (Å²) in [5.41, 5.74) is 0. The van der Waals surface area contributed by atoms with Gasteiger partial charge in [0, 0.05) is 0 Å². The van der Waals surface area contributed by atoms with E-state index in [9.17, 15) is 0 Å². The van der Waals surface area contributed by atoms with Gasteiger partial charge in [0.25, 0.3) is 0 Å². The second-order valence-electron chi connectivity index (χ2n) is 1.70. The van der Waals surface area contributed by atoms with E-state index in [1.54, 1.807) is 0 Å². The average Bonchev–Trinajstić information content (AvgIpc) is 1.83. The molecule has 0 unspecified atom stereocenters. The van der Waals surface area contributed by atoms with E-state index in [0.717, 1.165) is 0 Å². The molecule has 0 amide bonds. The Morgan fingerprint density at radius 2 is 1.75 bits per heavy atom. The first-order valence-corrected chi connectivity index (χ1v) is 5.00. The maximum atomic E-state index is 2.34. The first-order chi connectivity index (χ1) is 3.85. The molecule has 1 heteroatoms. The Hall–Kier alpha value is 0.170. The van der Waals surface area contributed by atoms with Gasteiger partial charge in [-0.2, -0.15) is 0 Å².